The maximum Gasteiger partial charge on any atom is 0.281 e. The molecular weight excluding hydrogens is 360 g/mol. The maximum absolute atomic E-state index is 13.0. The molecule has 5 nitrogen and oxygen atoms in total. The second-order valence-electron chi connectivity index (χ2n) is 5.92. The molecule has 0 spiro atoms. The van der Waals surface area contributed by atoms with Crippen LogP contribution in [-0.4, -0.2) is 36.2 Å². The lowest BCUT2D eigenvalue weighted by atomic mass is 10.1. The first-order valence-electron chi connectivity index (χ1n) is 8.85. The molecule has 0 aromatic heterocycles. The first-order valence-corrected chi connectivity index (χ1v) is 9.26. The van der Waals surface area contributed by atoms with Crippen LogP contribution in [0.1, 0.15) is 19.4 Å². The van der Waals surface area contributed by atoms with E-state index in [4.69, 9.17) is 21.7 Å². The number of carbonyl (C=O) groups is 1. The summed E-state index contributed by atoms with van der Waals surface area (Å²) in [6.07, 6.45) is 1.82. The van der Waals surface area contributed by atoms with Gasteiger partial charge in [0.25, 0.3) is 5.91 Å². The van der Waals surface area contributed by atoms with E-state index in [2.05, 4.69) is 0 Å². The molecule has 3 rings (SSSR count). The van der Waals surface area contributed by atoms with Crippen LogP contribution in [0, 0.1) is 0 Å². The second kappa shape index (κ2) is 8.22. The normalized spacial score (nSPS) is 15.6. The Kier molecular flexibility index (Phi) is 5.76. The van der Waals surface area contributed by atoms with Gasteiger partial charge in [-0.15, -0.1) is 0 Å². The molecule has 27 heavy (non-hydrogen) atoms. The number of anilines is 1. The highest BCUT2D eigenvalue weighted by molar-refractivity contribution is 7.80. The average Bonchev–Trinajstić information content (AvgIpc) is 2.88. The van der Waals surface area contributed by atoms with Crippen LogP contribution < -0.4 is 14.4 Å². The van der Waals surface area contributed by atoms with Gasteiger partial charge in [-0.3, -0.25) is 9.69 Å². The van der Waals surface area contributed by atoms with Gasteiger partial charge >= 0.3 is 0 Å². The minimum absolute atomic E-state index is 0.152. The van der Waals surface area contributed by atoms with Gasteiger partial charge in [0.1, 0.15) is 5.70 Å². The van der Waals surface area contributed by atoms with Crippen molar-refractivity contribution in [3.8, 4) is 11.5 Å². The zero-order valence-electron chi connectivity index (χ0n) is 15.6. The summed E-state index contributed by atoms with van der Waals surface area (Å²) < 4.78 is 11.3. The second-order valence-corrected chi connectivity index (χ2v) is 6.28. The van der Waals surface area contributed by atoms with Crippen molar-refractivity contribution < 1.29 is 14.3 Å². The summed E-state index contributed by atoms with van der Waals surface area (Å²) in [6.45, 7) is 4.94. The number of nitrogens with zero attached hydrogens (tertiary/aromatic N) is 2. The predicted octanol–water partition coefficient (Wildman–Crippen LogP) is 4.09. The number of hydrogen-bond donors (Lipinski definition) is 0. The Morgan fingerprint density at radius 2 is 1.67 bits per heavy atom. The van der Waals surface area contributed by atoms with Crippen molar-refractivity contribution in [2.45, 2.75) is 13.8 Å². The van der Waals surface area contributed by atoms with Gasteiger partial charge in [-0.2, -0.15) is 0 Å². The quantitative estimate of drug-likeness (QED) is 0.556. The minimum Gasteiger partial charge on any atom is -0.490 e. The lowest BCUT2D eigenvalue weighted by molar-refractivity contribution is -0.114. The van der Waals surface area contributed by atoms with Crippen LogP contribution in [0.25, 0.3) is 6.08 Å². The van der Waals surface area contributed by atoms with Gasteiger partial charge in [-0.1, -0.05) is 24.3 Å². The van der Waals surface area contributed by atoms with Gasteiger partial charge in [0.15, 0.2) is 16.6 Å². The molecule has 1 amide bonds. The van der Waals surface area contributed by atoms with Crippen LogP contribution in [0.4, 0.5) is 5.69 Å². The number of carbonyl (C=O) groups excluding carboxylic acids is 1. The smallest absolute Gasteiger partial charge is 0.281 e. The summed E-state index contributed by atoms with van der Waals surface area (Å²) in [7, 11) is 1.80. The highest BCUT2D eigenvalue weighted by Crippen LogP contribution is 2.32. The van der Waals surface area contributed by atoms with Gasteiger partial charge in [-0.05, 0) is 62.0 Å². The molecule has 0 radical (unpaired) electrons. The molecule has 1 aliphatic rings. The maximum atomic E-state index is 13.0. The Morgan fingerprint density at radius 3 is 2.33 bits per heavy atom. The van der Waals surface area contributed by atoms with E-state index in [9.17, 15) is 4.79 Å². The number of ether oxygens (including phenoxy) is 2. The summed E-state index contributed by atoms with van der Waals surface area (Å²) in [5.41, 5.74) is 2.11. The zero-order chi connectivity index (χ0) is 19.4. The number of hydrogen-bond acceptors (Lipinski definition) is 4. The lowest BCUT2D eigenvalue weighted by Gasteiger charge is -2.16. The molecule has 0 bridgehead atoms. The Balaban J connectivity index is 1.96. The highest BCUT2D eigenvalue weighted by atomic mass is 32.1. The molecule has 2 aromatic rings. The standard InChI is InChI=1S/C21H22N2O3S/c1-4-25-18-12-11-15(14-19(18)26-5-2)13-17-20(24)23(21(27)22(17)3)16-9-7-6-8-10-16/h6-14H,4-5H2,1-3H3/b17-13-. The third kappa shape index (κ3) is 3.80. The Morgan fingerprint density at radius 1 is 1.00 bits per heavy atom. The molecule has 0 atom stereocenters. The number of benzene rings is 2. The summed E-state index contributed by atoms with van der Waals surface area (Å²) in [4.78, 5) is 16.2. The van der Waals surface area contributed by atoms with Gasteiger partial charge in [0.2, 0.25) is 0 Å². The summed E-state index contributed by atoms with van der Waals surface area (Å²) in [5.74, 6) is 1.19. The van der Waals surface area contributed by atoms with E-state index in [0.717, 1.165) is 11.3 Å². The zero-order valence-corrected chi connectivity index (χ0v) is 16.5. The molecule has 1 heterocycles. The van der Waals surface area contributed by atoms with Gasteiger partial charge in [-0.25, -0.2) is 0 Å². The third-order valence-electron chi connectivity index (χ3n) is 4.15. The van der Waals surface area contributed by atoms with Crippen LogP contribution in [0.5, 0.6) is 11.5 Å². The fraction of sp³-hybridized carbons (Fsp3) is 0.238. The predicted molar refractivity (Wildman–Crippen MR) is 111 cm³/mol. The first kappa shape index (κ1) is 18.9. The minimum atomic E-state index is -0.152. The summed E-state index contributed by atoms with van der Waals surface area (Å²) >= 11 is 5.48. The van der Waals surface area contributed by atoms with E-state index < -0.39 is 0 Å². The Bertz CT molecular complexity index is 880. The van der Waals surface area contributed by atoms with Gasteiger partial charge < -0.3 is 14.4 Å². The summed E-state index contributed by atoms with van der Waals surface area (Å²) in [6, 6.07) is 15.0. The van der Waals surface area contributed by atoms with Crippen LogP contribution in [-0.2, 0) is 4.79 Å². The highest BCUT2D eigenvalue weighted by Gasteiger charge is 2.36. The molecule has 0 unspecified atom stereocenters. The average molecular weight is 382 g/mol. The van der Waals surface area contributed by atoms with E-state index in [0.29, 0.717) is 35.5 Å². The van der Waals surface area contributed by atoms with Crippen LogP contribution in [0.3, 0.4) is 0 Å². The fourth-order valence-corrected chi connectivity index (χ4v) is 3.16. The monoisotopic (exact) mass is 382 g/mol. The molecule has 6 heteroatoms. The number of amides is 1. The van der Waals surface area contributed by atoms with Crippen molar-refractivity contribution in [1.82, 2.24) is 4.90 Å². The first-order chi connectivity index (χ1) is 13.1. The Labute approximate surface area is 164 Å². The van der Waals surface area contributed by atoms with E-state index in [1.807, 2.05) is 68.5 Å². The van der Waals surface area contributed by atoms with E-state index in [-0.39, 0.29) is 5.91 Å². The topological polar surface area (TPSA) is 42.0 Å². The van der Waals surface area contributed by atoms with Crippen molar-refractivity contribution in [2.24, 2.45) is 0 Å². The number of rotatable bonds is 6. The van der Waals surface area contributed by atoms with Crippen molar-refractivity contribution in [3.05, 3.63) is 59.8 Å². The molecule has 1 fully saturated rings. The lowest BCUT2D eigenvalue weighted by Crippen LogP contribution is -2.30. The molecule has 1 saturated heterocycles. The molecule has 0 aliphatic carbocycles. The molecule has 2 aromatic carbocycles. The number of thiocarbonyl (C=S) groups is 1. The molecule has 0 N–H and O–H groups in total. The fourth-order valence-electron chi connectivity index (χ4n) is 2.88. The van der Waals surface area contributed by atoms with Crippen LogP contribution >= 0.6 is 12.2 Å². The van der Waals surface area contributed by atoms with Gasteiger partial charge in [0.05, 0.1) is 18.9 Å². The third-order valence-corrected chi connectivity index (χ3v) is 4.60. The van der Waals surface area contributed by atoms with Crippen molar-refractivity contribution in [3.63, 3.8) is 0 Å². The van der Waals surface area contributed by atoms with Crippen LogP contribution in [0.2, 0.25) is 0 Å². The Hall–Kier alpha value is -2.86. The van der Waals surface area contributed by atoms with Crippen LogP contribution in [0.15, 0.2) is 54.2 Å². The van der Waals surface area contributed by atoms with E-state index in [1.54, 1.807) is 16.8 Å². The molecule has 1 aliphatic heterocycles. The molecule has 0 saturated carbocycles. The van der Waals surface area contributed by atoms with E-state index >= 15 is 0 Å². The number of likely N-dealkylation sites (N-methyl/N-ethyl adjacent to an activating group) is 1. The van der Waals surface area contributed by atoms with E-state index in [1.165, 1.54) is 0 Å². The SMILES string of the molecule is CCOc1ccc(/C=C2/C(=O)N(c3ccccc3)C(=S)N2C)cc1OCC. The summed E-state index contributed by atoms with van der Waals surface area (Å²) in [5, 5.41) is 0.452. The van der Waals surface area contributed by atoms with Gasteiger partial charge in [0, 0.05) is 7.05 Å². The van der Waals surface area contributed by atoms with Crippen molar-refractivity contribution in [2.75, 3.05) is 25.2 Å². The molecule has 140 valence electrons. The van der Waals surface area contributed by atoms with Crippen molar-refractivity contribution in [1.29, 1.82) is 0 Å². The number of para-hydroxylation sites is 1. The largest absolute Gasteiger partial charge is 0.490 e. The van der Waals surface area contributed by atoms with Crippen molar-refractivity contribution >= 4 is 35.0 Å². The molecular formula is C21H22N2O3S.